The first-order valence-electron chi connectivity index (χ1n) is 5.13. The molecule has 1 saturated heterocycles. The van der Waals surface area contributed by atoms with Gasteiger partial charge in [-0.1, -0.05) is 6.07 Å². The summed E-state index contributed by atoms with van der Waals surface area (Å²) in [4.78, 5) is 4.09. The van der Waals surface area contributed by atoms with Crippen LogP contribution in [0.15, 0.2) is 29.0 Å². The molecule has 1 unspecified atom stereocenters. The third-order valence-electron chi connectivity index (χ3n) is 2.63. The normalized spacial score (nSPS) is 20.9. The van der Waals surface area contributed by atoms with E-state index in [1.807, 2.05) is 18.2 Å². The van der Waals surface area contributed by atoms with Crippen molar-refractivity contribution < 1.29 is 9.15 Å². The second kappa shape index (κ2) is 3.55. The van der Waals surface area contributed by atoms with E-state index in [-0.39, 0.29) is 6.10 Å². The highest BCUT2D eigenvalue weighted by atomic mass is 16.5. The standard InChI is InChI=1S/C11H12N2O2/c1-2-9-11(14-7-13-9)10(3-1)15-8-4-5-12-6-8/h1-3,7-8,12H,4-6H2. The number of aromatic nitrogens is 1. The smallest absolute Gasteiger partial charge is 0.196 e. The lowest BCUT2D eigenvalue weighted by molar-refractivity contribution is 0.223. The van der Waals surface area contributed by atoms with Crippen molar-refractivity contribution >= 4 is 11.1 Å². The third kappa shape index (κ3) is 1.57. The van der Waals surface area contributed by atoms with E-state index < -0.39 is 0 Å². The van der Waals surface area contributed by atoms with E-state index in [9.17, 15) is 0 Å². The molecule has 1 aromatic carbocycles. The largest absolute Gasteiger partial charge is 0.485 e. The van der Waals surface area contributed by atoms with Crippen LogP contribution in [0.4, 0.5) is 0 Å². The molecule has 1 atom stereocenters. The summed E-state index contributed by atoms with van der Waals surface area (Å²) < 4.78 is 11.2. The van der Waals surface area contributed by atoms with Gasteiger partial charge >= 0.3 is 0 Å². The molecular formula is C11H12N2O2. The monoisotopic (exact) mass is 204 g/mol. The molecule has 0 bridgehead atoms. The van der Waals surface area contributed by atoms with Gasteiger partial charge in [0, 0.05) is 6.54 Å². The number of benzene rings is 1. The Morgan fingerprint density at radius 2 is 2.47 bits per heavy atom. The Morgan fingerprint density at radius 1 is 1.47 bits per heavy atom. The van der Waals surface area contributed by atoms with Crippen LogP contribution >= 0.6 is 0 Å². The molecule has 1 aliphatic heterocycles. The van der Waals surface area contributed by atoms with Crippen LogP contribution in [0.3, 0.4) is 0 Å². The molecule has 4 nitrogen and oxygen atoms in total. The van der Waals surface area contributed by atoms with Gasteiger partial charge in [-0.05, 0) is 25.1 Å². The van der Waals surface area contributed by atoms with Crippen LogP contribution in [0.1, 0.15) is 6.42 Å². The highest BCUT2D eigenvalue weighted by molar-refractivity contribution is 5.78. The SMILES string of the molecule is c1cc(OC2CCNC2)c2ocnc2c1. The van der Waals surface area contributed by atoms with Crippen LogP contribution in [-0.2, 0) is 0 Å². The van der Waals surface area contributed by atoms with Crippen molar-refractivity contribution in [2.45, 2.75) is 12.5 Å². The average Bonchev–Trinajstić information content (AvgIpc) is 2.87. The number of rotatable bonds is 2. The van der Waals surface area contributed by atoms with Crippen LogP contribution in [0, 0.1) is 0 Å². The van der Waals surface area contributed by atoms with Gasteiger partial charge in [-0.25, -0.2) is 4.98 Å². The van der Waals surface area contributed by atoms with Gasteiger partial charge in [0.2, 0.25) is 0 Å². The fraction of sp³-hybridized carbons (Fsp3) is 0.364. The molecule has 0 aliphatic carbocycles. The van der Waals surface area contributed by atoms with E-state index in [2.05, 4.69) is 10.3 Å². The fourth-order valence-electron chi connectivity index (χ4n) is 1.86. The summed E-state index contributed by atoms with van der Waals surface area (Å²) in [6.45, 7) is 1.93. The number of ether oxygens (including phenoxy) is 1. The Kier molecular flexibility index (Phi) is 2.07. The Morgan fingerprint density at radius 3 is 3.33 bits per heavy atom. The lowest BCUT2D eigenvalue weighted by atomic mass is 10.3. The zero-order chi connectivity index (χ0) is 10.1. The first kappa shape index (κ1) is 8.73. The number of para-hydroxylation sites is 1. The number of nitrogens with one attached hydrogen (secondary N) is 1. The summed E-state index contributed by atoms with van der Waals surface area (Å²) in [5.74, 6) is 0.790. The van der Waals surface area contributed by atoms with Gasteiger partial charge in [-0.2, -0.15) is 0 Å². The third-order valence-corrected chi connectivity index (χ3v) is 2.63. The Hall–Kier alpha value is -1.55. The van der Waals surface area contributed by atoms with Gasteiger partial charge in [0.05, 0.1) is 0 Å². The highest BCUT2D eigenvalue weighted by Crippen LogP contribution is 2.26. The fourth-order valence-corrected chi connectivity index (χ4v) is 1.86. The number of oxazole rings is 1. The molecule has 0 amide bonds. The first-order valence-corrected chi connectivity index (χ1v) is 5.13. The lowest BCUT2D eigenvalue weighted by Gasteiger charge is -2.11. The Labute approximate surface area is 87.2 Å². The van der Waals surface area contributed by atoms with Crippen molar-refractivity contribution in [2.75, 3.05) is 13.1 Å². The summed E-state index contributed by atoms with van der Waals surface area (Å²) in [6, 6.07) is 5.77. The molecule has 2 aromatic rings. The molecule has 1 N–H and O–H groups in total. The summed E-state index contributed by atoms with van der Waals surface area (Å²) in [7, 11) is 0. The van der Waals surface area contributed by atoms with E-state index in [1.165, 1.54) is 6.39 Å². The molecule has 0 spiro atoms. The molecule has 15 heavy (non-hydrogen) atoms. The molecule has 78 valence electrons. The Bertz CT molecular complexity index is 460. The minimum atomic E-state index is 0.251. The molecule has 3 rings (SSSR count). The van der Waals surface area contributed by atoms with Gasteiger partial charge < -0.3 is 14.5 Å². The maximum Gasteiger partial charge on any atom is 0.196 e. The zero-order valence-corrected chi connectivity index (χ0v) is 8.27. The van der Waals surface area contributed by atoms with E-state index in [0.717, 1.165) is 36.4 Å². The van der Waals surface area contributed by atoms with Crippen molar-refractivity contribution in [2.24, 2.45) is 0 Å². The second-order valence-electron chi connectivity index (χ2n) is 3.69. The van der Waals surface area contributed by atoms with Gasteiger partial charge in [-0.3, -0.25) is 0 Å². The topological polar surface area (TPSA) is 47.3 Å². The molecule has 2 heterocycles. The van der Waals surface area contributed by atoms with Crippen LogP contribution in [0.5, 0.6) is 5.75 Å². The van der Waals surface area contributed by atoms with Crippen LogP contribution in [-0.4, -0.2) is 24.2 Å². The van der Waals surface area contributed by atoms with Gasteiger partial charge in [0.15, 0.2) is 17.7 Å². The number of hydrogen-bond acceptors (Lipinski definition) is 4. The lowest BCUT2D eigenvalue weighted by Crippen LogP contribution is -2.19. The predicted octanol–water partition coefficient (Wildman–Crippen LogP) is 1.57. The Balaban J connectivity index is 1.92. The molecule has 1 aliphatic rings. The first-order chi connectivity index (χ1) is 7.43. The van der Waals surface area contributed by atoms with Crippen LogP contribution in [0.25, 0.3) is 11.1 Å². The van der Waals surface area contributed by atoms with Crippen LogP contribution < -0.4 is 10.1 Å². The minimum Gasteiger partial charge on any atom is -0.485 e. The van der Waals surface area contributed by atoms with Crippen LogP contribution in [0.2, 0.25) is 0 Å². The predicted molar refractivity (Wildman–Crippen MR) is 55.9 cm³/mol. The maximum atomic E-state index is 5.85. The van der Waals surface area contributed by atoms with Crippen molar-refractivity contribution in [3.63, 3.8) is 0 Å². The molecule has 0 saturated carbocycles. The van der Waals surface area contributed by atoms with Gasteiger partial charge in [-0.15, -0.1) is 0 Å². The van der Waals surface area contributed by atoms with E-state index in [0.29, 0.717) is 0 Å². The highest BCUT2D eigenvalue weighted by Gasteiger charge is 2.17. The van der Waals surface area contributed by atoms with Crippen molar-refractivity contribution in [3.8, 4) is 5.75 Å². The van der Waals surface area contributed by atoms with Crippen molar-refractivity contribution in [1.82, 2.24) is 10.3 Å². The number of hydrogen-bond donors (Lipinski definition) is 1. The molecule has 1 aromatic heterocycles. The summed E-state index contributed by atoms with van der Waals surface area (Å²) in [5.41, 5.74) is 1.59. The van der Waals surface area contributed by atoms with E-state index in [1.54, 1.807) is 0 Å². The summed E-state index contributed by atoms with van der Waals surface area (Å²) in [5, 5.41) is 3.26. The van der Waals surface area contributed by atoms with E-state index in [4.69, 9.17) is 9.15 Å². The van der Waals surface area contributed by atoms with E-state index >= 15 is 0 Å². The maximum absolute atomic E-state index is 5.85. The van der Waals surface area contributed by atoms with Gasteiger partial charge in [0.25, 0.3) is 0 Å². The van der Waals surface area contributed by atoms with Gasteiger partial charge in [0.1, 0.15) is 11.6 Å². The van der Waals surface area contributed by atoms with Crippen molar-refractivity contribution in [3.05, 3.63) is 24.6 Å². The average molecular weight is 204 g/mol. The molecule has 4 heteroatoms. The molecular weight excluding hydrogens is 192 g/mol. The molecule has 0 radical (unpaired) electrons. The quantitative estimate of drug-likeness (QED) is 0.806. The zero-order valence-electron chi connectivity index (χ0n) is 8.27. The number of nitrogens with zero attached hydrogens (tertiary/aromatic N) is 1. The molecule has 1 fully saturated rings. The summed E-state index contributed by atoms with van der Waals surface area (Å²) >= 11 is 0. The number of fused-ring (bicyclic) bond motifs is 1. The minimum absolute atomic E-state index is 0.251. The summed E-state index contributed by atoms with van der Waals surface area (Å²) in [6.07, 6.45) is 2.75. The second-order valence-corrected chi connectivity index (χ2v) is 3.69. The van der Waals surface area contributed by atoms with Crippen molar-refractivity contribution in [1.29, 1.82) is 0 Å².